The van der Waals surface area contributed by atoms with Gasteiger partial charge in [0.2, 0.25) is 0 Å². The van der Waals surface area contributed by atoms with Crippen LogP contribution in [0.1, 0.15) is 27.9 Å². The maximum Gasteiger partial charge on any atom is 0.270 e. The minimum absolute atomic E-state index is 0.0495. The van der Waals surface area contributed by atoms with Crippen molar-refractivity contribution in [1.29, 1.82) is 0 Å². The second-order valence-corrected chi connectivity index (χ2v) is 6.08. The van der Waals surface area contributed by atoms with Gasteiger partial charge < -0.3 is 0 Å². The highest BCUT2D eigenvalue weighted by Gasteiger charge is 2.24. The number of benzene rings is 2. The zero-order valence-electron chi connectivity index (χ0n) is 13.3. The first-order valence-corrected chi connectivity index (χ1v) is 7.98. The van der Waals surface area contributed by atoms with E-state index in [2.05, 4.69) is 4.98 Å². The number of nitrogens with zero attached hydrogens (tertiary/aromatic N) is 2. The molecule has 0 spiro atoms. The summed E-state index contributed by atoms with van der Waals surface area (Å²) in [5.74, 6) is -0.125. The van der Waals surface area contributed by atoms with Gasteiger partial charge in [0.25, 0.3) is 5.69 Å². The molecule has 3 aromatic rings. The summed E-state index contributed by atoms with van der Waals surface area (Å²) in [4.78, 5) is 27.3. The van der Waals surface area contributed by atoms with E-state index in [1.807, 2.05) is 30.3 Å². The molecule has 5 nitrogen and oxygen atoms in total. The Morgan fingerprint density at radius 1 is 1.04 bits per heavy atom. The summed E-state index contributed by atoms with van der Waals surface area (Å²) in [7, 11) is 0. The summed E-state index contributed by atoms with van der Waals surface area (Å²) in [6.45, 7) is 0. The number of aromatic nitrogens is 1. The van der Waals surface area contributed by atoms with Gasteiger partial charge in [0, 0.05) is 41.0 Å². The first kappa shape index (κ1) is 15.2. The molecule has 0 bridgehead atoms. The molecule has 0 fully saturated rings. The second kappa shape index (κ2) is 5.94. The van der Waals surface area contributed by atoms with E-state index >= 15 is 0 Å². The zero-order chi connectivity index (χ0) is 17.4. The molecule has 25 heavy (non-hydrogen) atoms. The summed E-state index contributed by atoms with van der Waals surface area (Å²) >= 11 is 0. The third-order valence-electron chi connectivity index (χ3n) is 4.51. The maximum absolute atomic E-state index is 12.8. The molecule has 0 aliphatic heterocycles. The van der Waals surface area contributed by atoms with Gasteiger partial charge in [-0.1, -0.05) is 18.2 Å². The van der Waals surface area contributed by atoms with Crippen molar-refractivity contribution in [2.24, 2.45) is 0 Å². The van der Waals surface area contributed by atoms with Crippen molar-refractivity contribution in [1.82, 2.24) is 4.98 Å². The number of Topliss-reactive ketones (excluding diaryl/α,β-unsaturated/α-hetero) is 1. The van der Waals surface area contributed by atoms with Crippen LogP contribution in [0.4, 0.5) is 5.69 Å². The number of allylic oxidation sites excluding steroid dienone is 1. The van der Waals surface area contributed by atoms with Crippen LogP contribution in [-0.2, 0) is 6.42 Å². The Morgan fingerprint density at radius 3 is 2.76 bits per heavy atom. The van der Waals surface area contributed by atoms with E-state index in [1.165, 1.54) is 12.1 Å². The Hall–Kier alpha value is -3.34. The predicted molar refractivity (Wildman–Crippen MR) is 95.5 cm³/mol. The number of pyridine rings is 1. The van der Waals surface area contributed by atoms with Crippen LogP contribution in [0.15, 0.2) is 60.4 Å². The summed E-state index contributed by atoms with van der Waals surface area (Å²) in [5.41, 5.74) is 2.89. The van der Waals surface area contributed by atoms with Gasteiger partial charge in [-0.15, -0.1) is 0 Å². The van der Waals surface area contributed by atoms with Crippen LogP contribution >= 0.6 is 0 Å². The Morgan fingerprint density at radius 2 is 1.92 bits per heavy atom. The molecule has 0 unspecified atom stereocenters. The lowest BCUT2D eigenvalue weighted by Gasteiger charge is -2.17. The normalized spacial score (nSPS) is 15.4. The lowest BCUT2D eigenvalue weighted by atomic mass is 9.85. The van der Waals surface area contributed by atoms with E-state index < -0.39 is 4.92 Å². The molecule has 1 aromatic heterocycles. The van der Waals surface area contributed by atoms with E-state index in [0.29, 0.717) is 24.0 Å². The molecule has 0 saturated heterocycles. The standard InChI is InChI=1S/C20H14N2O3/c23-20-16(4-3-14-5-6-18(22(24)25)11-19(14)20)10-13-1-2-17-12-21-8-7-15(17)9-13/h1-2,5-12H,3-4H2/b16-10-. The molecule has 122 valence electrons. The lowest BCUT2D eigenvalue weighted by Crippen LogP contribution is -2.14. The number of hydrogen-bond donors (Lipinski definition) is 0. The van der Waals surface area contributed by atoms with Crippen LogP contribution < -0.4 is 0 Å². The number of hydrogen-bond acceptors (Lipinski definition) is 4. The molecule has 1 aliphatic carbocycles. The van der Waals surface area contributed by atoms with E-state index in [9.17, 15) is 14.9 Å². The molecule has 0 saturated carbocycles. The Kier molecular flexibility index (Phi) is 3.61. The van der Waals surface area contributed by atoms with Crippen molar-refractivity contribution in [3.8, 4) is 0 Å². The summed E-state index contributed by atoms with van der Waals surface area (Å²) in [6, 6.07) is 12.4. The lowest BCUT2D eigenvalue weighted by molar-refractivity contribution is -0.384. The average molecular weight is 330 g/mol. The number of nitro benzene ring substituents is 1. The van der Waals surface area contributed by atoms with E-state index in [1.54, 1.807) is 18.5 Å². The maximum atomic E-state index is 12.8. The van der Waals surface area contributed by atoms with E-state index in [4.69, 9.17) is 0 Å². The van der Waals surface area contributed by atoms with Crippen LogP contribution in [0.2, 0.25) is 0 Å². The van der Waals surface area contributed by atoms with Gasteiger partial charge in [-0.3, -0.25) is 19.9 Å². The molecule has 0 N–H and O–H groups in total. The number of aryl methyl sites for hydroxylation is 1. The van der Waals surface area contributed by atoms with Gasteiger partial charge in [0.05, 0.1) is 4.92 Å². The fourth-order valence-corrected chi connectivity index (χ4v) is 3.19. The second-order valence-electron chi connectivity index (χ2n) is 6.08. The Bertz CT molecular complexity index is 1050. The third kappa shape index (κ3) is 2.80. The van der Waals surface area contributed by atoms with Crippen molar-refractivity contribution in [2.75, 3.05) is 0 Å². The van der Waals surface area contributed by atoms with Crippen molar-refractivity contribution < 1.29 is 9.72 Å². The molecule has 5 heteroatoms. The highest BCUT2D eigenvalue weighted by Crippen LogP contribution is 2.29. The smallest absolute Gasteiger partial charge is 0.270 e. The number of fused-ring (bicyclic) bond motifs is 2. The van der Waals surface area contributed by atoms with Crippen molar-refractivity contribution in [3.05, 3.63) is 87.2 Å². The first-order chi connectivity index (χ1) is 12.1. The Balaban J connectivity index is 1.73. The van der Waals surface area contributed by atoms with Crippen LogP contribution in [0.5, 0.6) is 0 Å². The zero-order valence-corrected chi connectivity index (χ0v) is 13.3. The summed E-state index contributed by atoms with van der Waals surface area (Å²) in [5, 5.41) is 13.1. The number of non-ortho nitro benzene ring substituents is 1. The molecule has 0 amide bonds. The summed E-state index contributed by atoms with van der Waals surface area (Å²) in [6.07, 6.45) is 6.76. The van der Waals surface area contributed by atoms with Crippen molar-refractivity contribution >= 4 is 28.3 Å². The summed E-state index contributed by atoms with van der Waals surface area (Å²) < 4.78 is 0. The number of carbonyl (C=O) groups excluding carboxylic acids is 1. The molecule has 1 aliphatic rings. The van der Waals surface area contributed by atoms with Gasteiger partial charge in [0.15, 0.2) is 5.78 Å². The molecule has 0 radical (unpaired) electrons. The van der Waals surface area contributed by atoms with Gasteiger partial charge in [-0.05, 0) is 47.6 Å². The number of carbonyl (C=O) groups is 1. The topological polar surface area (TPSA) is 73.1 Å². The van der Waals surface area contributed by atoms with Crippen molar-refractivity contribution in [2.45, 2.75) is 12.8 Å². The van der Waals surface area contributed by atoms with Crippen LogP contribution in [0, 0.1) is 10.1 Å². The fraction of sp³-hybridized carbons (Fsp3) is 0.100. The number of rotatable bonds is 2. The van der Waals surface area contributed by atoms with E-state index in [0.717, 1.165) is 21.9 Å². The largest absolute Gasteiger partial charge is 0.289 e. The van der Waals surface area contributed by atoms with Gasteiger partial charge in [-0.2, -0.15) is 0 Å². The minimum atomic E-state index is -0.469. The van der Waals surface area contributed by atoms with E-state index in [-0.39, 0.29) is 11.5 Å². The van der Waals surface area contributed by atoms with Crippen LogP contribution in [0.3, 0.4) is 0 Å². The molecule has 2 aromatic carbocycles. The minimum Gasteiger partial charge on any atom is -0.289 e. The molecular formula is C20H14N2O3. The third-order valence-corrected chi connectivity index (χ3v) is 4.51. The first-order valence-electron chi connectivity index (χ1n) is 7.98. The monoisotopic (exact) mass is 330 g/mol. The molecule has 4 rings (SSSR count). The predicted octanol–water partition coefficient (Wildman–Crippen LogP) is 4.36. The number of nitro groups is 1. The average Bonchev–Trinajstić information content (AvgIpc) is 2.63. The van der Waals surface area contributed by atoms with Crippen molar-refractivity contribution in [3.63, 3.8) is 0 Å². The Labute approximate surface area is 143 Å². The van der Waals surface area contributed by atoms with Crippen LogP contribution in [-0.4, -0.2) is 15.7 Å². The number of ketones is 1. The van der Waals surface area contributed by atoms with Gasteiger partial charge in [0.1, 0.15) is 0 Å². The highest BCUT2D eigenvalue weighted by molar-refractivity contribution is 6.13. The molecule has 0 atom stereocenters. The molecular weight excluding hydrogens is 316 g/mol. The van der Waals surface area contributed by atoms with Gasteiger partial charge in [-0.25, -0.2) is 0 Å². The SMILES string of the molecule is O=C1/C(=C\c2ccc3cnccc3c2)CCc2ccc([N+](=O)[O-])cc21. The highest BCUT2D eigenvalue weighted by atomic mass is 16.6. The quantitative estimate of drug-likeness (QED) is 0.398. The fourth-order valence-electron chi connectivity index (χ4n) is 3.19. The molecule has 1 heterocycles. The van der Waals surface area contributed by atoms with Crippen LogP contribution in [0.25, 0.3) is 16.8 Å². The van der Waals surface area contributed by atoms with Gasteiger partial charge >= 0.3 is 0 Å².